The van der Waals surface area contributed by atoms with Gasteiger partial charge in [-0.25, -0.2) is 0 Å². The highest BCUT2D eigenvalue weighted by Crippen LogP contribution is 2.24. The monoisotopic (exact) mass is 470 g/mol. The van der Waals surface area contributed by atoms with Crippen LogP contribution in [0.25, 0.3) is 6.08 Å². The van der Waals surface area contributed by atoms with Crippen molar-refractivity contribution in [1.82, 2.24) is 0 Å². The van der Waals surface area contributed by atoms with Gasteiger partial charge in [-0.2, -0.15) is 5.26 Å². The zero-order chi connectivity index (χ0) is 16.3. The molecule has 1 N–H and O–H groups in total. The quantitative estimate of drug-likeness (QED) is 0.397. The van der Waals surface area contributed by atoms with E-state index in [0.717, 1.165) is 15.6 Å². The van der Waals surface area contributed by atoms with Crippen molar-refractivity contribution in [1.29, 1.82) is 5.26 Å². The first kappa shape index (κ1) is 16.8. The SMILES string of the molecule is Cc1ccc(NC(=O)/C(C#N)=C\c2cc(Br)c(I)o2)cc1C. The molecule has 0 unspecified atom stereocenters. The van der Waals surface area contributed by atoms with Crippen LogP contribution in [-0.2, 0) is 4.79 Å². The number of anilines is 1. The summed E-state index contributed by atoms with van der Waals surface area (Å²) in [6.45, 7) is 3.96. The summed E-state index contributed by atoms with van der Waals surface area (Å²) < 4.78 is 6.86. The number of nitrogens with one attached hydrogen (secondary N) is 1. The second kappa shape index (κ2) is 7.11. The lowest BCUT2D eigenvalue weighted by atomic mass is 10.1. The molecule has 0 radical (unpaired) electrons. The number of rotatable bonds is 3. The van der Waals surface area contributed by atoms with E-state index in [0.29, 0.717) is 15.2 Å². The van der Waals surface area contributed by atoms with Gasteiger partial charge < -0.3 is 9.73 Å². The predicted molar refractivity (Wildman–Crippen MR) is 97.3 cm³/mol. The molecule has 0 atom stereocenters. The Balaban J connectivity index is 2.22. The van der Waals surface area contributed by atoms with E-state index >= 15 is 0 Å². The van der Waals surface area contributed by atoms with E-state index in [4.69, 9.17) is 4.42 Å². The number of carbonyl (C=O) groups excluding carboxylic acids is 1. The number of nitriles is 1. The number of benzene rings is 1. The largest absolute Gasteiger partial charge is 0.450 e. The molecule has 2 aromatic rings. The minimum Gasteiger partial charge on any atom is -0.450 e. The van der Waals surface area contributed by atoms with Gasteiger partial charge >= 0.3 is 0 Å². The molecule has 1 aromatic heterocycles. The van der Waals surface area contributed by atoms with Crippen LogP contribution in [0.1, 0.15) is 16.9 Å². The van der Waals surface area contributed by atoms with Crippen molar-refractivity contribution in [3.05, 3.63) is 55.0 Å². The molecule has 0 fully saturated rings. The van der Waals surface area contributed by atoms with Gasteiger partial charge in [-0.1, -0.05) is 6.07 Å². The highest BCUT2D eigenvalue weighted by molar-refractivity contribution is 14.1. The summed E-state index contributed by atoms with van der Waals surface area (Å²) in [4.78, 5) is 12.2. The molecular formula is C16H12BrIN2O2. The van der Waals surface area contributed by atoms with Crippen LogP contribution >= 0.6 is 38.5 Å². The fourth-order valence-electron chi connectivity index (χ4n) is 1.74. The molecule has 4 nitrogen and oxygen atoms in total. The average Bonchev–Trinajstić information content (AvgIpc) is 2.78. The number of furan rings is 1. The fraction of sp³-hybridized carbons (Fsp3) is 0.125. The van der Waals surface area contributed by atoms with Crippen LogP contribution in [-0.4, -0.2) is 5.91 Å². The predicted octanol–water partition coefficient (Wildman–Crippen LogP) is 4.81. The zero-order valence-electron chi connectivity index (χ0n) is 11.9. The van der Waals surface area contributed by atoms with Crippen molar-refractivity contribution in [2.24, 2.45) is 0 Å². The molecule has 6 heteroatoms. The maximum atomic E-state index is 12.2. The molecule has 1 heterocycles. The van der Waals surface area contributed by atoms with Crippen molar-refractivity contribution in [2.75, 3.05) is 5.32 Å². The summed E-state index contributed by atoms with van der Waals surface area (Å²) in [5.41, 5.74) is 2.86. The van der Waals surface area contributed by atoms with Crippen molar-refractivity contribution < 1.29 is 9.21 Å². The van der Waals surface area contributed by atoms with Gasteiger partial charge in [-0.05, 0) is 59.1 Å². The van der Waals surface area contributed by atoms with E-state index in [1.54, 1.807) is 6.07 Å². The number of amides is 1. The lowest BCUT2D eigenvalue weighted by molar-refractivity contribution is -0.112. The third-order valence-corrected chi connectivity index (χ3v) is 5.21. The van der Waals surface area contributed by atoms with Gasteiger partial charge in [0, 0.05) is 34.4 Å². The van der Waals surface area contributed by atoms with Gasteiger partial charge in [0.2, 0.25) is 0 Å². The van der Waals surface area contributed by atoms with E-state index in [1.165, 1.54) is 6.08 Å². The Morgan fingerprint density at radius 2 is 2.09 bits per heavy atom. The van der Waals surface area contributed by atoms with Crippen LogP contribution in [0.3, 0.4) is 0 Å². The Bertz CT molecular complexity index is 783. The average molecular weight is 471 g/mol. The summed E-state index contributed by atoms with van der Waals surface area (Å²) in [5.74, 6) is -0.0173. The first-order valence-corrected chi connectivity index (χ1v) is 8.23. The van der Waals surface area contributed by atoms with Gasteiger partial charge in [0.25, 0.3) is 5.91 Å². The smallest absolute Gasteiger partial charge is 0.266 e. The molecule has 0 spiro atoms. The third-order valence-electron chi connectivity index (χ3n) is 3.08. The minimum atomic E-state index is -0.465. The molecule has 0 aliphatic heterocycles. The summed E-state index contributed by atoms with van der Waals surface area (Å²) in [7, 11) is 0. The molecule has 0 saturated heterocycles. The third kappa shape index (κ3) is 3.99. The van der Waals surface area contributed by atoms with Crippen LogP contribution in [0.5, 0.6) is 0 Å². The fourth-order valence-corrected chi connectivity index (χ4v) is 2.46. The van der Waals surface area contributed by atoms with E-state index in [1.807, 2.05) is 60.7 Å². The highest BCUT2D eigenvalue weighted by Gasteiger charge is 2.12. The molecule has 22 heavy (non-hydrogen) atoms. The van der Waals surface area contributed by atoms with Crippen LogP contribution in [0.4, 0.5) is 5.69 Å². The summed E-state index contributed by atoms with van der Waals surface area (Å²) in [5, 5.41) is 11.9. The van der Waals surface area contributed by atoms with Crippen LogP contribution in [0.15, 0.2) is 38.7 Å². The molecule has 112 valence electrons. The van der Waals surface area contributed by atoms with Crippen LogP contribution in [0, 0.1) is 28.9 Å². The van der Waals surface area contributed by atoms with Crippen LogP contribution < -0.4 is 5.32 Å². The highest BCUT2D eigenvalue weighted by atomic mass is 127. The van der Waals surface area contributed by atoms with Crippen LogP contribution in [0.2, 0.25) is 0 Å². The maximum Gasteiger partial charge on any atom is 0.266 e. The Morgan fingerprint density at radius 3 is 2.64 bits per heavy atom. The number of hydrogen-bond acceptors (Lipinski definition) is 3. The van der Waals surface area contributed by atoms with Crippen molar-refractivity contribution in [3.63, 3.8) is 0 Å². The number of carbonyl (C=O) groups is 1. The molecule has 1 aromatic carbocycles. The van der Waals surface area contributed by atoms with Gasteiger partial charge in [0.1, 0.15) is 17.4 Å². The summed E-state index contributed by atoms with van der Waals surface area (Å²) in [6, 6.07) is 9.21. The number of hydrogen-bond donors (Lipinski definition) is 1. The maximum absolute atomic E-state index is 12.2. The topological polar surface area (TPSA) is 66.0 Å². The minimum absolute atomic E-state index is 0.0177. The van der Waals surface area contributed by atoms with E-state index < -0.39 is 5.91 Å². The summed E-state index contributed by atoms with van der Waals surface area (Å²) >= 11 is 5.34. The number of halogens is 2. The molecule has 0 aliphatic rings. The molecule has 2 rings (SSSR count). The molecule has 0 aliphatic carbocycles. The van der Waals surface area contributed by atoms with Crippen molar-refractivity contribution >= 4 is 56.2 Å². The first-order chi connectivity index (χ1) is 10.4. The van der Waals surface area contributed by atoms with Crippen molar-refractivity contribution in [2.45, 2.75) is 13.8 Å². The second-order valence-corrected chi connectivity index (χ2v) is 6.53. The Hall–Kier alpha value is -1.59. The molecule has 0 bridgehead atoms. The van der Waals surface area contributed by atoms with E-state index in [2.05, 4.69) is 21.2 Å². The lowest BCUT2D eigenvalue weighted by Crippen LogP contribution is -2.13. The Kier molecular flexibility index (Phi) is 5.42. The van der Waals surface area contributed by atoms with Crippen molar-refractivity contribution in [3.8, 4) is 6.07 Å². The lowest BCUT2D eigenvalue weighted by Gasteiger charge is -2.06. The standard InChI is InChI=1S/C16H12BrIN2O2/c1-9-3-4-12(5-10(9)2)20-16(21)11(8-19)6-13-7-14(17)15(18)22-13/h3-7H,1-2H3,(H,20,21)/b11-6-. The molecular weight excluding hydrogens is 459 g/mol. The van der Waals surface area contributed by atoms with Gasteiger partial charge in [0.05, 0.1) is 4.47 Å². The Morgan fingerprint density at radius 1 is 1.36 bits per heavy atom. The summed E-state index contributed by atoms with van der Waals surface area (Å²) in [6.07, 6.45) is 1.42. The zero-order valence-corrected chi connectivity index (χ0v) is 15.6. The van der Waals surface area contributed by atoms with Gasteiger partial charge in [0.15, 0.2) is 3.77 Å². The Labute approximate surface area is 150 Å². The van der Waals surface area contributed by atoms with E-state index in [-0.39, 0.29) is 5.57 Å². The first-order valence-electron chi connectivity index (χ1n) is 6.36. The van der Waals surface area contributed by atoms with Gasteiger partial charge in [-0.3, -0.25) is 4.79 Å². The number of aryl methyl sites for hydroxylation is 2. The van der Waals surface area contributed by atoms with E-state index in [9.17, 15) is 10.1 Å². The molecule has 1 amide bonds. The molecule has 0 saturated carbocycles. The normalized spacial score (nSPS) is 11.1. The second-order valence-electron chi connectivity index (χ2n) is 4.69. The number of nitrogens with zero attached hydrogens (tertiary/aromatic N) is 1. The van der Waals surface area contributed by atoms with Gasteiger partial charge in [-0.15, -0.1) is 0 Å².